The minimum atomic E-state index is 0.0522. The summed E-state index contributed by atoms with van der Waals surface area (Å²) in [5, 5.41) is 0. The monoisotopic (exact) mass is 224 g/mol. The fourth-order valence-corrected chi connectivity index (χ4v) is 2.33. The average Bonchev–Trinajstić information content (AvgIpc) is 3.02. The summed E-state index contributed by atoms with van der Waals surface area (Å²) < 4.78 is 1.20. The van der Waals surface area contributed by atoms with E-state index in [1.54, 1.807) is 0 Å². The first-order valence-corrected chi connectivity index (χ1v) is 5.90. The Morgan fingerprint density at radius 2 is 1.47 bits per heavy atom. The predicted octanol–water partition coefficient (Wildman–Crippen LogP) is 3.13. The van der Waals surface area contributed by atoms with Gasteiger partial charge in [-0.15, -0.1) is 0 Å². The molecule has 84 valence electrons. The maximum atomic E-state index is 11.7. The van der Waals surface area contributed by atoms with Gasteiger partial charge in [0.05, 0.1) is 0 Å². The summed E-state index contributed by atoms with van der Waals surface area (Å²) in [4.78, 5) is 11.7. The Bertz CT molecular complexity index is 521. The standard InChI is InChI=1S/C15H14NO/c17-16-14(11-12-7-3-1-4-8-12)15(16)13-9-5-2-6-10-13/h1-10,14-15H,11H2/q+1. The van der Waals surface area contributed by atoms with Crippen LogP contribution in [0.2, 0.25) is 0 Å². The van der Waals surface area contributed by atoms with Gasteiger partial charge in [-0.1, -0.05) is 60.7 Å². The molecule has 0 N–H and O–H groups in total. The summed E-state index contributed by atoms with van der Waals surface area (Å²) in [6, 6.07) is 20.4. The minimum Gasteiger partial charge on any atom is -0.0622 e. The van der Waals surface area contributed by atoms with E-state index in [0.29, 0.717) is 0 Å². The Balaban J connectivity index is 1.74. The van der Waals surface area contributed by atoms with Gasteiger partial charge in [0.2, 0.25) is 0 Å². The Hall–Kier alpha value is -1.96. The number of hydrogen-bond acceptors (Lipinski definition) is 1. The highest BCUT2D eigenvalue weighted by atomic mass is 16.3. The molecular formula is C15H14NO+. The first-order valence-electron chi connectivity index (χ1n) is 5.90. The van der Waals surface area contributed by atoms with Crippen molar-refractivity contribution < 1.29 is 4.76 Å². The summed E-state index contributed by atoms with van der Waals surface area (Å²) in [7, 11) is 0. The molecule has 0 radical (unpaired) electrons. The van der Waals surface area contributed by atoms with Gasteiger partial charge in [-0.05, 0) is 5.56 Å². The van der Waals surface area contributed by atoms with Crippen molar-refractivity contribution in [2.75, 3.05) is 0 Å². The van der Waals surface area contributed by atoms with Crippen molar-refractivity contribution in [1.29, 1.82) is 0 Å². The Morgan fingerprint density at radius 3 is 2.12 bits per heavy atom. The molecular weight excluding hydrogens is 210 g/mol. The van der Waals surface area contributed by atoms with Crippen LogP contribution in [0.3, 0.4) is 0 Å². The van der Waals surface area contributed by atoms with Gasteiger partial charge in [0, 0.05) is 21.7 Å². The van der Waals surface area contributed by atoms with Crippen LogP contribution in [0.15, 0.2) is 60.7 Å². The molecule has 0 saturated carbocycles. The third-order valence-corrected chi connectivity index (χ3v) is 3.30. The van der Waals surface area contributed by atoms with Crippen molar-refractivity contribution >= 4 is 0 Å². The third-order valence-electron chi connectivity index (χ3n) is 3.30. The smallest absolute Gasteiger partial charge is 0.0622 e. The normalized spacial score (nSPS) is 22.5. The highest BCUT2D eigenvalue weighted by Gasteiger charge is 2.61. The molecule has 0 aliphatic carbocycles. The molecule has 0 spiro atoms. The van der Waals surface area contributed by atoms with Gasteiger partial charge >= 0.3 is 0 Å². The van der Waals surface area contributed by atoms with Crippen molar-refractivity contribution in [2.24, 2.45) is 0 Å². The van der Waals surface area contributed by atoms with E-state index in [1.807, 2.05) is 48.5 Å². The van der Waals surface area contributed by atoms with Gasteiger partial charge in [-0.2, -0.15) is 0 Å². The van der Waals surface area contributed by atoms with Gasteiger partial charge < -0.3 is 0 Å². The summed E-state index contributed by atoms with van der Waals surface area (Å²) in [6.07, 6.45) is 0.837. The van der Waals surface area contributed by atoms with Crippen LogP contribution in [-0.2, 0) is 6.42 Å². The van der Waals surface area contributed by atoms with E-state index in [-0.39, 0.29) is 12.1 Å². The molecule has 17 heavy (non-hydrogen) atoms. The average molecular weight is 224 g/mol. The summed E-state index contributed by atoms with van der Waals surface area (Å²) in [5.74, 6) is 0. The molecule has 0 amide bonds. The minimum absolute atomic E-state index is 0.0522. The van der Waals surface area contributed by atoms with E-state index in [9.17, 15) is 4.91 Å². The molecule has 2 nitrogen and oxygen atoms in total. The summed E-state index contributed by atoms with van der Waals surface area (Å²) in [6.45, 7) is 0. The highest BCUT2D eigenvalue weighted by molar-refractivity contribution is 5.23. The lowest BCUT2D eigenvalue weighted by Gasteiger charge is -1.92. The van der Waals surface area contributed by atoms with Gasteiger partial charge in [-0.25, -0.2) is 0 Å². The lowest BCUT2D eigenvalue weighted by Crippen LogP contribution is -1.95. The van der Waals surface area contributed by atoms with Gasteiger partial charge in [-0.3, -0.25) is 0 Å². The molecule has 2 atom stereocenters. The molecule has 0 aromatic heterocycles. The maximum Gasteiger partial charge on any atom is 0.291 e. The third kappa shape index (κ3) is 1.98. The number of nitrogens with zero attached hydrogens (tertiary/aromatic N) is 1. The second-order valence-electron chi connectivity index (χ2n) is 4.47. The molecule has 2 aromatic carbocycles. The van der Waals surface area contributed by atoms with Gasteiger partial charge in [0.1, 0.15) is 0 Å². The van der Waals surface area contributed by atoms with Crippen LogP contribution in [0.25, 0.3) is 0 Å². The molecule has 1 saturated heterocycles. The second kappa shape index (κ2) is 4.13. The number of rotatable bonds is 3. The zero-order valence-electron chi connectivity index (χ0n) is 9.49. The second-order valence-corrected chi connectivity index (χ2v) is 4.47. The summed E-state index contributed by atoms with van der Waals surface area (Å²) >= 11 is 0. The molecule has 3 rings (SSSR count). The molecule has 1 aliphatic rings. The largest absolute Gasteiger partial charge is 0.291 e. The quantitative estimate of drug-likeness (QED) is 0.579. The fourth-order valence-electron chi connectivity index (χ4n) is 2.33. The Morgan fingerprint density at radius 1 is 0.882 bits per heavy atom. The van der Waals surface area contributed by atoms with E-state index in [0.717, 1.165) is 12.0 Å². The first kappa shape index (κ1) is 10.2. The van der Waals surface area contributed by atoms with Gasteiger partial charge in [0.25, 0.3) is 12.1 Å². The van der Waals surface area contributed by atoms with Crippen molar-refractivity contribution in [3.05, 3.63) is 76.7 Å². The predicted molar refractivity (Wildman–Crippen MR) is 66.7 cm³/mol. The van der Waals surface area contributed by atoms with Crippen LogP contribution >= 0.6 is 0 Å². The molecule has 1 aliphatic heterocycles. The van der Waals surface area contributed by atoms with Crippen LogP contribution in [0.5, 0.6) is 0 Å². The van der Waals surface area contributed by atoms with E-state index in [4.69, 9.17) is 0 Å². The lowest BCUT2D eigenvalue weighted by atomic mass is 10.0. The van der Waals surface area contributed by atoms with E-state index in [2.05, 4.69) is 12.1 Å². The van der Waals surface area contributed by atoms with Crippen LogP contribution in [0.4, 0.5) is 0 Å². The van der Waals surface area contributed by atoms with Crippen LogP contribution < -0.4 is 0 Å². The maximum absolute atomic E-state index is 11.7. The molecule has 2 aromatic rings. The molecule has 1 fully saturated rings. The molecule has 2 heteroatoms. The zero-order chi connectivity index (χ0) is 11.7. The fraction of sp³-hybridized carbons (Fsp3) is 0.200. The Labute approximate surface area is 100 Å². The van der Waals surface area contributed by atoms with Crippen molar-refractivity contribution in [2.45, 2.75) is 18.5 Å². The number of nitroso groups, excluding NO2 is 1. The SMILES string of the molecule is O=[N+]1C(Cc2ccccc2)C1c1ccccc1. The highest BCUT2D eigenvalue weighted by Crippen LogP contribution is 2.39. The lowest BCUT2D eigenvalue weighted by molar-refractivity contribution is -0.408. The molecule has 2 unspecified atom stereocenters. The van der Waals surface area contributed by atoms with Crippen molar-refractivity contribution in [1.82, 2.24) is 0 Å². The van der Waals surface area contributed by atoms with E-state index in [1.165, 1.54) is 10.3 Å². The zero-order valence-corrected chi connectivity index (χ0v) is 9.49. The molecule has 1 heterocycles. The van der Waals surface area contributed by atoms with Crippen molar-refractivity contribution in [3.63, 3.8) is 0 Å². The number of benzene rings is 2. The summed E-state index contributed by atoms with van der Waals surface area (Å²) in [5.41, 5.74) is 2.36. The molecule has 0 bridgehead atoms. The first-order chi connectivity index (χ1) is 8.36. The van der Waals surface area contributed by atoms with Crippen molar-refractivity contribution in [3.8, 4) is 0 Å². The Kier molecular flexibility index (Phi) is 2.48. The van der Waals surface area contributed by atoms with E-state index < -0.39 is 0 Å². The topological polar surface area (TPSA) is 20.1 Å². The van der Waals surface area contributed by atoms with Crippen LogP contribution in [0, 0.1) is 4.91 Å². The number of hydrogen-bond donors (Lipinski definition) is 0. The van der Waals surface area contributed by atoms with Crippen LogP contribution in [-0.4, -0.2) is 10.8 Å². The van der Waals surface area contributed by atoms with E-state index >= 15 is 0 Å². The van der Waals surface area contributed by atoms with Gasteiger partial charge in [0.15, 0.2) is 0 Å². The van der Waals surface area contributed by atoms with Crippen LogP contribution in [0.1, 0.15) is 17.2 Å².